The minimum absolute atomic E-state index is 0.0264. The predicted octanol–water partition coefficient (Wildman–Crippen LogP) is 6.82. The van der Waals surface area contributed by atoms with Gasteiger partial charge in [0.25, 0.3) is 5.91 Å². The Morgan fingerprint density at radius 1 is 0.795 bits per heavy atom. The number of ether oxygens (including phenoxy) is 2. The molecule has 0 saturated heterocycles. The van der Waals surface area contributed by atoms with Crippen molar-refractivity contribution in [1.29, 1.82) is 0 Å². The molecule has 4 aromatic carbocycles. The minimum Gasteiger partial charge on any atom is -0.506 e. The van der Waals surface area contributed by atoms with Crippen LogP contribution in [0.3, 0.4) is 0 Å². The zero-order valence-corrected chi connectivity index (χ0v) is 23.1. The second-order valence-corrected chi connectivity index (χ2v) is 11.0. The zero-order chi connectivity index (χ0) is 28.3. The Hall–Kier alpha value is -4.30. The van der Waals surface area contributed by atoms with Gasteiger partial charge in [0, 0.05) is 20.9 Å². The van der Waals surface area contributed by atoms with Crippen molar-refractivity contribution in [2.24, 2.45) is 0 Å². The number of phenols is 1. The highest BCUT2D eigenvalue weighted by atomic mass is 32.2. The summed E-state index contributed by atoms with van der Waals surface area (Å²) in [6.07, 6.45) is 0. The summed E-state index contributed by atoms with van der Waals surface area (Å²) >= 11 is 1.49. The Kier molecular flexibility index (Phi) is 7.97. The van der Waals surface area contributed by atoms with Crippen LogP contribution < -0.4 is 5.32 Å². The molecular weight excluding hydrogens is 514 g/mol. The molecule has 8 heteroatoms. The monoisotopic (exact) mass is 543 g/mol. The van der Waals surface area contributed by atoms with Crippen molar-refractivity contribution in [3.63, 3.8) is 0 Å². The van der Waals surface area contributed by atoms with Gasteiger partial charge in [-0.2, -0.15) is 0 Å². The van der Waals surface area contributed by atoms with E-state index < -0.39 is 17.8 Å². The first kappa shape index (κ1) is 27.7. The van der Waals surface area contributed by atoms with Crippen molar-refractivity contribution in [1.82, 2.24) is 0 Å². The molecule has 0 bridgehead atoms. The van der Waals surface area contributed by atoms with Crippen molar-refractivity contribution in [3.05, 3.63) is 95.1 Å². The minimum atomic E-state index is -0.680. The van der Waals surface area contributed by atoms with Crippen molar-refractivity contribution < 1.29 is 29.0 Å². The van der Waals surface area contributed by atoms with Crippen LogP contribution in [-0.4, -0.2) is 37.2 Å². The van der Waals surface area contributed by atoms with Gasteiger partial charge < -0.3 is 19.9 Å². The van der Waals surface area contributed by atoms with Gasteiger partial charge in [0.15, 0.2) is 0 Å². The molecule has 0 radical (unpaired) electrons. The molecule has 7 nitrogen and oxygen atoms in total. The molecule has 4 aromatic rings. The number of methoxy groups -OCH3 is 2. The highest BCUT2D eigenvalue weighted by molar-refractivity contribution is 7.99. The molecule has 0 unspecified atom stereocenters. The van der Waals surface area contributed by atoms with Crippen molar-refractivity contribution in [3.8, 4) is 5.75 Å². The number of hydrogen-bond acceptors (Lipinski definition) is 7. The lowest BCUT2D eigenvalue weighted by molar-refractivity contribution is 0.0598. The van der Waals surface area contributed by atoms with E-state index in [0.717, 1.165) is 15.2 Å². The quantitative estimate of drug-likeness (QED) is 0.257. The zero-order valence-electron chi connectivity index (χ0n) is 22.3. The van der Waals surface area contributed by atoms with E-state index >= 15 is 0 Å². The lowest BCUT2D eigenvalue weighted by Gasteiger charge is -2.19. The van der Waals surface area contributed by atoms with Crippen LogP contribution in [0.1, 0.15) is 57.4 Å². The molecule has 2 N–H and O–H groups in total. The Morgan fingerprint density at radius 2 is 1.36 bits per heavy atom. The van der Waals surface area contributed by atoms with Gasteiger partial charge in [-0.1, -0.05) is 68.9 Å². The summed E-state index contributed by atoms with van der Waals surface area (Å²) in [5.41, 5.74) is 1.58. The third kappa shape index (κ3) is 6.07. The molecule has 0 atom stereocenters. The van der Waals surface area contributed by atoms with Crippen LogP contribution >= 0.6 is 11.8 Å². The van der Waals surface area contributed by atoms with Crippen LogP contribution in [0, 0.1) is 0 Å². The molecule has 0 fully saturated rings. The number of aromatic hydroxyl groups is 1. The first-order valence-corrected chi connectivity index (χ1v) is 13.0. The largest absolute Gasteiger partial charge is 0.506 e. The third-order valence-corrected chi connectivity index (χ3v) is 7.27. The van der Waals surface area contributed by atoms with Gasteiger partial charge in [-0.25, -0.2) is 9.59 Å². The van der Waals surface area contributed by atoms with E-state index in [1.165, 1.54) is 49.7 Å². The number of nitrogens with one attached hydrogen (secondary N) is 1. The van der Waals surface area contributed by atoms with E-state index in [1.807, 2.05) is 24.3 Å². The fourth-order valence-electron chi connectivity index (χ4n) is 4.10. The van der Waals surface area contributed by atoms with Gasteiger partial charge in [0.2, 0.25) is 0 Å². The maximum absolute atomic E-state index is 13.4. The molecule has 0 aliphatic heterocycles. The van der Waals surface area contributed by atoms with Crippen LogP contribution in [-0.2, 0) is 14.9 Å². The van der Waals surface area contributed by atoms with Crippen LogP contribution in [0.2, 0.25) is 0 Å². The summed E-state index contributed by atoms with van der Waals surface area (Å²) in [5.74, 6) is -2.14. The van der Waals surface area contributed by atoms with E-state index in [-0.39, 0.29) is 33.5 Å². The maximum atomic E-state index is 13.4. The Morgan fingerprint density at radius 3 is 1.90 bits per heavy atom. The predicted molar refractivity (Wildman–Crippen MR) is 152 cm³/mol. The number of esters is 2. The van der Waals surface area contributed by atoms with E-state index in [1.54, 1.807) is 18.2 Å². The highest BCUT2D eigenvalue weighted by Crippen LogP contribution is 2.40. The molecule has 0 aliphatic carbocycles. The summed E-state index contributed by atoms with van der Waals surface area (Å²) in [5, 5.41) is 15.1. The number of benzene rings is 4. The lowest BCUT2D eigenvalue weighted by Crippen LogP contribution is -2.15. The van der Waals surface area contributed by atoms with Gasteiger partial charge in [-0.3, -0.25) is 4.79 Å². The molecule has 0 spiro atoms. The smallest absolute Gasteiger partial charge is 0.337 e. The fraction of sp³-hybridized carbons (Fsp3) is 0.194. The van der Waals surface area contributed by atoms with E-state index in [0.29, 0.717) is 5.39 Å². The van der Waals surface area contributed by atoms with Gasteiger partial charge in [-0.15, -0.1) is 0 Å². The van der Waals surface area contributed by atoms with Crippen molar-refractivity contribution in [2.45, 2.75) is 36.0 Å². The van der Waals surface area contributed by atoms with Gasteiger partial charge in [0.05, 0.1) is 30.9 Å². The standard InChI is InChI=1S/C31H29NO6S/c1-31(2,3)20-10-12-22(13-11-20)39-26-17-25(27(33)24-9-7-6-8-23(24)26)28(34)32-21-15-18(29(35)37-4)14-19(16-21)30(36)38-5/h6-17,33H,1-5H3,(H,32,34). The summed E-state index contributed by atoms with van der Waals surface area (Å²) in [4.78, 5) is 39.5. The molecular formula is C31H29NO6S. The van der Waals surface area contributed by atoms with Crippen LogP contribution in [0.5, 0.6) is 5.75 Å². The number of rotatable bonds is 6. The number of amides is 1. The molecule has 1 amide bonds. The topological polar surface area (TPSA) is 102 Å². The Labute approximate surface area is 231 Å². The first-order chi connectivity index (χ1) is 18.5. The molecule has 0 aliphatic rings. The lowest BCUT2D eigenvalue weighted by atomic mass is 9.87. The number of anilines is 1. The molecule has 0 heterocycles. The van der Waals surface area contributed by atoms with E-state index in [9.17, 15) is 19.5 Å². The van der Waals surface area contributed by atoms with Crippen LogP contribution in [0.25, 0.3) is 10.8 Å². The second kappa shape index (κ2) is 11.2. The molecule has 39 heavy (non-hydrogen) atoms. The van der Waals surface area contributed by atoms with Gasteiger partial charge >= 0.3 is 11.9 Å². The van der Waals surface area contributed by atoms with Crippen molar-refractivity contribution >= 4 is 46.1 Å². The molecule has 200 valence electrons. The summed E-state index contributed by atoms with van der Waals surface area (Å²) in [6.45, 7) is 6.47. The molecule has 0 aromatic heterocycles. The average Bonchev–Trinajstić information content (AvgIpc) is 2.93. The summed E-state index contributed by atoms with van der Waals surface area (Å²) < 4.78 is 9.54. The number of carbonyl (C=O) groups is 3. The number of fused-ring (bicyclic) bond motifs is 1. The Balaban J connectivity index is 1.73. The Bertz CT molecular complexity index is 1540. The SMILES string of the molecule is COC(=O)c1cc(NC(=O)c2cc(Sc3ccc(C(C)(C)C)cc3)c3ccccc3c2O)cc(C(=O)OC)c1. The third-order valence-electron chi connectivity index (χ3n) is 6.20. The maximum Gasteiger partial charge on any atom is 0.337 e. The van der Waals surface area contributed by atoms with E-state index in [4.69, 9.17) is 9.47 Å². The average molecular weight is 544 g/mol. The second-order valence-electron chi connectivity index (χ2n) is 9.93. The highest BCUT2D eigenvalue weighted by Gasteiger charge is 2.20. The van der Waals surface area contributed by atoms with E-state index in [2.05, 4.69) is 38.2 Å². The van der Waals surface area contributed by atoms with Crippen LogP contribution in [0.15, 0.2) is 82.6 Å². The normalized spacial score (nSPS) is 11.2. The summed E-state index contributed by atoms with van der Waals surface area (Å²) in [7, 11) is 2.43. The number of hydrogen-bond donors (Lipinski definition) is 2. The first-order valence-electron chi connectivity index (χ1n) is 12.2. The van der Waals surface area contributed by atoms with Gasteiger partial charge in [-0.05, 0) is 52.8 Å². The number of phenolic OH excluding ortho intramolecular Hbond substituents is 1. The van der Waals surface area contributed by atoms with Crippen molar-refractivity contribution in [2.75, 3.05) is 19.5 Å². The summed E-state index contributed by atoms with van der Waals surface area (Å²) in [6, 6.07) is 21.3. The van der Waals surface area contributed by atoms with Gasteiger partial charge in [0.1, 0.15) is 5.75 Å². The number of carbonyl (C=O) groups excluding carboxylic acids is 3. The fourth-order valence-corrected chi connectivity index (χ4v) is 5.09. The molecule has 4 rings (SSSR count). The molecule has 0 saturated carbocycles. The van der Waals surface area contributed by atoms with Crippen LogP contribution in [0.4, 0.5) is 5.69 Å².